The summed E-state index contributed by atoms with van der Waals surface area (Å²) in [6, 6.07) is 23.0. The van der Waals surface area contributed by atoms with Crippen molar-refractivity contribution < 1.29 is 16.5 Å². The van der Waals surface area contributed by atoms with Gasteiger partial charge in [-0.25, -0.2) is 0 Å². The predicted molar refractivity (Wildman–Crippen MR) is 380 cm³/mol. The molecule has 6 unspecified atom stereocenters. The van der Waals surface area contributed by atoms with E-state index in [-0.39, 0.29) is 0 Å². The molecule has 0 amide bonds. The molecule has 2 aliphatic carbocycles. The Morgan fingerprint density at radius 2 is 0.675 bits per heavy atom. The van der Waals surface area contributed by atoms with Gasteiger partial charge in [0.1, 0.15) is 7.38 Å². The van der Waals surface area contributed by atoms with Crippen LogP contribution in [0.2, 0.25) is 121 Å². The molecule has 0 aromatic heterocycles. The fourth-order valence-electron chi connectivity index (χ4n) is 8.63. The van der Waals surface area contributed by atoms with Gasteiger partial charge in [0.15, 0.2) is 24.0 Å². The van der Waals surface area contributed by atoms with E-state index in [2.05, 4.69) is 218 Å². The number of hydrogen-bond acceptors (Lipinski definition) is 4. The highest BCUT2D eigenvalue weighted by Gasteiger charge is 2.46. The van der Waals surface area contributed by atoms with Crippen molar-refractivity contribution >= 4 is 114 Å². The SMILES string of the molecule is C=C[Si](C)(C)Cl.C=C[Si](C)(C)O[Si](C)(C)C=C.C=C[Si](C)(CC)O[Si](C)(C=C)CC.C=C[Si](C)(O[Si](C)(C=C)C1CCCCC1)C1CCCCC1.C=C[Si](C)(O[Si](C)(C=C)c1ccccc1)c1ccccc1.C[Si](C)(C)Cl. The molecule has 2 fully saturated rings. The van der Waals surface area contributed by atoms with E-state index in [0.29, 0.717) is 0 Å². The van der Waals surface area contributed by atoms with Crippen molar-refractivity contribution in [2.24, 2.45) is 0 Å². The lowest BCUT2D eigenvalue weighted by Gasteiger charge is -2.45. The molecular formula is C61H114Cl2O4Si10. The first-order valence-corrected chi connectivity index (χ1v) is 58.5. The summed E-state index contributed by atoms with van der Waals surface area (Å²) in [6.07, 6.45) is 13.8. The van der Waals surface area contributed by atoms with E-state index in [1.165, 1.54) is 74.6 Å². The van der Waals surface area contributed by atoms with Crippen LogP contribution < -0.4 is 10.4 Å². The van der Waals surface area contributed by atoms with Crippen molar-refractivity contribution in [3.05, 3.63) is 171 Å². The zero-order valence-electron chi connectivity index (χ0n) is 52.4. The minimum absolute atomic E-state index is 0.791. The third kappa shape index (κ3) is 31.6. The van der Waals surface area contributed by atoms with Crippen molar-refractivity contribution in [2.45, 2.75) is 199 Å². The van der Waals surface area contributed by atoms with Crippen LogP contribution in [0.1, 0.15) is 78.1 Å². The van der Waals surface area contributed by atoms with Gasteiger partial charge in [-0.1, -0.05) is 223 Å². The molecule has 4 rings (SSSR count). The summed E-state index contributed by atoms with van der Waals surface area (Å²) in [5.74, 6) is 0. The van der Waals surface area contributed by atoms with Crippen molar-refractivity contribution in [1.82, 2.24) is 0 Å². The largest absolute Gasteiger partial charge is 0.449 e. The maximum atomic E-state index is 7.04. The highest BCUT2D eigenvalue weighted by Crippen LogP contribution is 2.44. The molecule has 0 N–H and O–H groups in total. The third-order valence-corrected chi connectivity index (χ3v) is 48.0. The molecule has 2 aromatic carbocycles. The van der Waals surface area contributed by atoms with Gasteiger partial charge in [0.25, 0.3) is 0 Å². The van der Waals surface area contributed by atoms with Gasteiger partial charge in [-0.3, -0.25) is 0 Å². The van der Waals surface area contributed by atoms with Crippen LogP contribution in [0.25, 0.3) is 0 Å². The summed E-state index contributed by atoms with van der Waals surface area (Å²) >= 11 is 11.4. The summed E-state index contributed by atoms with van der Waals surface area (Å²) in [4.78, 5) is 0. The summed E-state index contributed by atoms with van der Waals surface area (Å²) in [7, 11) is -16.9. The molecule has 0 spiro atoms. The highest BCUT2D eigenvalue weighted by molar-refractivity contribution is 7.21. The zero-order chi connectivity index (χ0) is 60.1. The number of benzene rings is 2. The smallest absolute Gasteiger partial charge is 0.234 e. The Kier molecular flexibility index (Phi) is 36.7. The van der Waals surface area contributed by atoms with Crippen molar-refractivity contribution in [3.63, 3.8) is 0 Å². The molecule has 2 aromatic rings. The van der Waals surface area contributed by atoms with Gasteiger partial charge in [-0.15, -0.1) is 59.2 Å². The van der Waals surface area contributed by atoms with E-state index >= 15 is 0 Å². The third-order valence-electron chi connectivity index (χ3n) is 14.7. The fraction of sp³-hybridized carbons (Fsp3) is 0.508. The number of rotatable bonds is 23. The quantitative estimate of drug-likeness (QED) is 0.0821. The molecule has 0 saturated heterocycles. The molecule has 0 heterocycles. The first-order valence-electron chi connectivity index (χ1n) is 28.4. The van der Waals surface area contributed by atoms with Gasteiger partial charge in [0.05, 0.1) is 0 Å². The van der Waals surface area contributed by atoms with Crippen LogP contribution in [0, 0.1) is 0 Å². The van der Waals surface area contributed by atoms with Gasteiger partial charge in [-0.05, 0) is 99.0 Å². The monoisotopic (exact) mass is 1260 g/mol. The average molecular weight is 1260 g/mol. The van der Waals surface area contributed by atoms with Crippen molar-refractivity contribution in [2.75, 3.05) is 0 Å². The molecule has 0 radical (unpaired) electrons. The lowest BCUT2D eigenvalue weighted by Crippen LogP contribution is -2.59. The maximum absolute atomic E-state index is 7.04. The van der Waals surface area contributed by atoms with E-state index < -0.39 is 81.3 Å². The molecule has 0 aliphatic heterocycles. The van der Waals surface area contributed by atoms with Gasteiger partial charge in [0.2, 0.25) is 49.9 Å². The Morgan fingerprint density at radius 3 is 0.883 bits per heavy atom. The van der Waals surface area contributed by atoms with Crippen LogP contribution >= 0.6 is 22.2 Å². The second-order valence-electron chi connectivity index (χ2n) is 24.4. The maximum Gasteiger partial charge on any atom is 0.234 e. The Bertz CT molecular complexity index is 1940. The van der Waals surface area contributed by atoms with Gasteiger partial charge < -0.3 is 16.5 Å². The lowest BCUT2D eigenvalue weighted by atomic mass is 10.0. The van der Waals surface area contributed by atoms with Crippen molar-refractivity contribution in [3.8, 4) is 0 Å². The zero-order valence-corrected chi connectivity index (χ0v) is 63.9. The normalized spacial score (nSPS) is 18.8. The lowest BCUT2D eigenvalue weighted by molar-refractivity contribution is 0.413. The average Bonchev–Trinajstić information content (AvgIpc) is 3.41. The summed E-state index contributed by atoms with van der Waals surface area (Å²) in [5.41, 5.74) is 19.9. The van der Waals surface area contributed by atoms with Crippen LogP contribution in [-0.4, -0.2) is 81.3 Å². The predicted octanol–water partition coefficient (Wildman–Crippen LogP) is 20.4. The Hall–Kier alpha value is -1.31. The van der Waals surface area contributed by atoms with Crippen LogP contribution in [-0.2, 0) is 16.5 Å². The van der Waals surface area contributed by atoms with E-state index in [4.69, 9.17) is 38.6 Å². The Morgan fingerprint density at radius 1 is 0.390 bits per heavy atom. The second-order valence-corrected chi connectivity index (χ2v) is 70.0. The van der Waals surface area contributed by atoms with Crippen molar-refractivity contribution in [1.29, 1.82) is 0 Å². The van der Waals surface area contributed by atoms with E-state index in [1.807, 2.05) is 65.1 Å². The first kappa shape index (κ1) is 77.8. The molecule has 0 bridgehead atoms. The summed E-state index contributed by atoms with van der Waals surface area (Å²) in [5, 5.41) is 2.49. The fourth-order valence-corrected chi connectivity index (χ4v) is 38.3. The van der Waals surface area contributed by atoms with Crippen LogP contribution in [0.3, 0.4) is 0 Å². The van der Waals surface area contributed by atoms with Gasteiger partial charge in [0, 0.05) is 0 Å². The van der Waals surface area contributed by atoms with Gasteiger partial charge in [-0.2, -0.15) is 22.2 Å². The highest BCUT2D eigenvalue weighted by atomic mass is 35.6. The second kappa shape index (κ2) is 36.3. The molecule has 436 valence electrons. The van der Waals surface area contributed by atoms with E-state index in [1.54, 1.807) is 0 Å². The van der Waals surface area contributed by atoms with Gasteiger partial charge >= 0.3 is 0 Å². The topological polar surface area (TPSA) is 36.9 Å². The van der Waals surface area contributed by atoms with Crippen LogP contribution in [0.15, 0.2) is 171 Å². The number of halogens is 2. The molecule has 6 atom stereocenters. The standard InChI is InChI=1S/C18H34OSi2.C18H22OSi2.C10H22OSi2.C8H18OSi2.C4H9ClSi.C3H9ClSi/c2*1-5-20(3,17-13-9-7-10-14-17)19-21(4,6-2)18-15-11-8-12-16-18;1-7-12(5,8-2)11-13(6,9-3)10-4;1-7-10(3,4)9-11(5,6)8-2;1-4-6(2,3)5;1-5(2,3)4/h5-6,17-18H,1-2,7-16H2,3-4H3;5-16H,1-2H2,3-4H3;7,9H,1,3,8,10H2,2,4-6H3;7-8H,1-2H2,3-6H3;4H,1H2,2-3H3;1-3H3. The van der Waals surface area contributed by atoms with E-state index in [9.17, 15) is 0 Å². The first-order chi connectivity index (χ1) is 35.4. The molecule has 2 aliphatic rings. The Balaban J connectivity index is 0. The minimum atomic E-state index is -2.18. The molecule has 16 heteroatoms. The minimum Gasteiger partial charge on any atom is -0.449 e. The molecular weight excluding hydrogens is 1150 g/mol. The molecule has 77 heavy (non-hydrogen) atoms. The van der Waals surface area contributed by atoms with Crippen LogP contribution in [0.4, 0.5) is 0 Å². The van der Waals surface area contributed by atoms with Crippen LogP contribution in [0.5, 0.6) is 0 Å². The summed E-state index contributed by atoms with van der Waals surface area (Å²) < 4.78 is 26.0. The summed E-state index contributed by atoms with van der Waals surface area (Å²) in [6.45, 7) is 72.4. The molecule has 4 nitrogen and oxygen atoms in total. The van der Waals surface area contributed by atoms with E-state index in [0.717, 1.165) is 23.2 Å². The molecule has 2 saturated carbocycles. The number of hydrogen-bond donors (Lipinski definition) is 0. The Labute approximate surface area is 496 Å².